The molecule has 4 fully saturated rings. The van der Waals surface area contributed by atoms with Crippen LogP contribution in [0.3, 0.4) is 0 Å². The fourth-order valence-electron chi connectivity index (χ4n) is 6.66. The van der Waals surface area contributed by atoms with Gasteiger partial charge in [-0.05, 0) is 48.0 Å². The van der Waals surface area contributed by atoms with E-state index in [4.69, 9.17) is 0 Å². The molecule has 0 spiro atoms. The van der Waals surface area contributed by atoms with E-state index in [-0.39, 0.29) is 0 Å². The normalized spacial score (nSPS) is 49.7. The molecule has 132 valence electrons. The highest BCUT2D eigenvalue weighted by Crippen LogP contribution is 2.48. The van der Waals surface area contributed by atoms with E-state index in [1.54, 1.807) is 0 Å². The van der Waals surface area contributed by atoms with E-state index in [1.807, 2.05) is 0 Å². The van der Waals surface area contributed by atoms with Gasteiger partial charge in [0.1, 0.15) is 6.17 Å². The highest BCUT2D eigenvalue weighted by Gasteiger charge is 2.64. The van der Waals surface area contributed by atoms with Crippen molar-refractivity contribution in [1.29, 1.82) is 0 Å². The standard InChI is InChI=1S/C19H37N4/c1-14-12-18(3,4)21-10-11-23(7)15(2)13-19(5,6)22-9-8-20(14)16(21)17(22)23/h14-17H,8-13H2,1-7H3/q+1/t14-,15-,16-,17+,23?/m1/s1. The van der Waals surface area contributed by atoms with Crippen molar-refractivity contribution in [2.24, 2.45) is 0 Å². The van der Waals surface area contributed by atoms with Gasteiger partial charge in [0.15, 0.2) is 6.17 Å². The zero-order valence-corrected chi connectivity index (χ0v) is 16.3. The second kappa shape index (κ2) is 4.72. The summed E-state index contributed by atoms with van der Waals surface area (Å²) in [5, 5.41) is 0. The molecule has 5 atom stereocenters. The van der Waals surface area contributed by atoms with Crippen LogP contribution in [-0.4, -0.2) is 87.9 Å². The largest absolute Gasteiger partial charge is 0.305 e. The average molecular weight is 322 g/mol. The SMILES string of the molecule is C[C@@H]1CC(C)(C)N2CC[N+]3(C)[C@H](C)CC(C)(C)N4CCN1[C@H]2[C@@H]43. The van der Waals surface area contributed by atoms with Gasteiger partial charge in [-0.2, -0.15) is 0 Å². The molecule has 0 amide bonds. The number of piperazine rings is 2. The smallest absolute Gasteiger partial charge is 0.175 e. The summed E-state index contributed by atoms with van der Waals surface area (Å²) in [6, 6.07) is 1.47. The van der Waals surface area contributed by atoms with Gasteiger partial charge in [-0.3, -0.25) is 9.80 Å². The van der Waals surface area contributed by atoms with E-state index in [0.29, 0.717) is 29.5 Å². The number of likely N-dealkylation sites (N-methyl/N-ethyl adjacent to an activating group) is 1. The maximum absolute atomic E-state index is 2.88. The number of rotatable bonds is 0. The molecule has 0 aromatic heterocycles. The molecular weight excluding hydrogens is 284 g/mol. The lowest BCUT2D eigenvalue weighted by Gasteiger charge is -2.71. The lowest BCUT2D eigenvalue weighted by atomic mass is 9.79. The van der Waals surface area contributed by atoms with Gasteiger partial charge in [0.2, 0.25) is 0 Å². The molecule has 4 heteroatoms. The molecular formula is C19H37N4+. The summed E-state index contributed by atoms with van der Waals surface area (Å²) in [5.41, 5.74) is 0.668. The van der Waals surface area contributed by atoms with Crippen LogP contribution in [-0.2, 0) is 0 Å². The van der Waals surface area contributed by atoms with Crippen LogP contribution in [0.4, 0.5) is 0 Å². The first-order chi connectivity index (χ1) is 10.6. The van der Waals surface area contributed by atoms with Crippen LogP contribution in [0.2, 0.25) is 0 Å². The molecule has 0 aromatic carbocycles. The van der Waals surface area contributed by atoms with Crippen LogP contribution < -0.4 is 0 Å². The van der Waals surface area contributed by atoms with Crippen molar-refractivity contribution in [2.45, 2.75) is 89.9 Å². The van der Waals surface area contributed by atoms with Crippen LogP contribution in [0.5, 0.6) is 0 Å². The number of hydrogen-bond acceptors (Lipinski definition) is 3. The molecule has 1 unspecified atom stereocenters. The third-order valence-electron chi connectivity index (χ3n) is 7.99. The fourth-order valence-corrected chi connectivity index (χ4v) is 6.66. The Kier molecular flexibility index (Phi) is 3.35. The second-order valence-electron chi connectivity index (χ2n) is 10.3. The molecule has 0 radical (unpaired) electrons. The molecule has 4 aliphatic rings. The van der Waals surface area contributed by atoms with Gasteiger partial charge in [-0.25, -0.2) is 4.90 Å². The minimum atomic E-state index is 0.333. The highest BCUT2D eigenvalue weighted by molar-refractivity contribution is 5.06. The predicted molar refractivity (Wildman–Crippen MR) is 95.1 cm³/mol. The van der Waals surface area contributed by atoms with Gasteiger partial charge >= 0.3 is 0 Å². The Bertz CT molecular complexity index is 502. The molecule has 0 aliphatic carbocycles. The highest BCUT2D eigenvalue weighted by atomic mass is 15.6. The summed E-state index contributed by atoms with van der Waals surface area (Å²) in [6.07, 6.45) is 3.87. The zero-order chi connectivity index (χ0) is 16.8. The Morgan fingerprint density at radius 1 is 0.870 bits per heavy atom. The third-order valence-corrected chi connectivity index (χ3v) is 7.99. The molecule has 0 N–H and O–H groups in total. The summed E-state index contributed by atoms with van der Waals surface area (Å²) >= 11 is 0. The monoisotopic (exact) mass is 321 g/mol. The van der Waals surface area contributed by atoms with Crippen LogP contribution in [0, 0.1) is 0 Å². The van der Waals surface area contributed by atoms with Crippen LogP contribution >= 0.6 is 0 Å². The average Bonchev–Trinajstić information content (AvgIpc) is 2.43. The summed E-state index contributed by atoms with van der Waals surface area (Å²) in [5.74, 6) is 0. The summed E-state index contributed by atoms with van der Waals surface area (Å²) in [6.45, 7) is 19.9. The Hall–Kier alpha value is -0.160. The summed E-state index contributed by atoms with van der Waals surface area (Å²) in [7, 11) is 2.55. The number of hydrogen-bond donors (Lipinski definition) is 0. The van der Waals surface area contributed by atoms with Gasteiger partial charge in [-0.1, -0.05) is 0 Å². The van der Waals surface area contributed by atoms with Crippen molar-refractivity contribution in [3.8, 4) is 0 Å². The fraction of sp³-hybridized carbons (Fsp3) is 1.00. The van der Waals surface area contributed by atoms with Crippen molar-refractivity contribution in [1.82, 2.24) is 14.7 Å². The molecule has 4 nitrogen and oxygen atoms in total. The van der Waals surface area contributed by atoms with Crippen molar-refractivity contribution in [3.05, 3.63) is 0 Å². The first-order valence-electron chi connectivity index (χ1n) is 9.72. The van der Waals surface area contributed by atoms with Crippen molar-refractivity contribution in [2.75, 3.05) is 33.2 Å². The molecule has 4 aliphatic heterocycles. The van der Waals surface area contributed by atoms with Crippen molar-refractivity contribution < 1.29 is 4.48 Å². The van der Waals surface area contributed by atoms with Crippen LogP contribution in [0.1, 0.15) is 54.4 Å². The lowest BCUT2D eigenvalue weighted by Crippen LogP contribution is -2.88. The summed E-state index contributed by atoms with van der Waals surface area (Å²) < 4.78 is 1.25. The zero-order valence-electron chi connectivity index (χ0n) is 16.3. The van der Waals surface area contributed by atoms with Crippen LogP contribution in [0.15, 0.2) is 0 Å². The van der Waals surface area contributed by atoms with Crippen molar-refractivity contribution >= 4 is 0 Å². The molecule has 4 rings (SSSR count). The van der Waals surface area contributed by atoms with Gasteiger partial charge < -0.3 is 4.48 Å². The molecule has 0 aromatic rings. The Balaban J connectivity index is 1.82. The van der Waals surface area contributed by atoms with Crippen LogP contribution in [0.25, 0.3) is 0 Å². The van der Waals surface area contributed by atoms with E-state index in [1.165, 1.54) is 43.5 Å². The Morgan fingerprint density at radius 2 is 1.52 bits per heavy atom. The van der Waals surface area contributed by atoms with Crippen molar-refractivity contribution in [3.63, 3.8) is 0 Å². The van der Waals surface area contributed by atoms with Gasteiger partial charge in [0, 0.05) is 43.2 Å². The quantitative estimate of drug-likeness (QED) is 0.633. The summed E-state index contributed by atoms with van der Waals surface area (Å²) in [4.78, 5) is 8.59. The Labute approximate surface area is 143 Å². The lowest BCUT2D eigenvalue weighted by molar-refractivity contribution is -0.985. The third kappa shape index (κ3) is 2.04. The molecule has 4 saturated heterocycles. The topological polar surface area (TPSA) is 9.72 Å². The Morgan fingerprint density at radius 3 is 2.22 bits per heavy atom. The van der Waals surface area contributed by atoms with Gasteiger partial charge in [0.25, 0.3) is 0 Å². The van der Waals surface area contributed by atoms with E-state index >= 15 is 0 Å². The van der Waals surface area contributed by atoms with E-state index in [0.717, 1.165) is 6.04 Å². The van der Waals surface area contributed by atoms with E-state index in [2.05, 4.69) is 63.3 Å². The molecule has 23 heavy (non-hydrogen) atoms. The number of nitrogens with zero attached hydrogens (tertiary/aromatic N) is 4. The van der Waals surface area contributed by atoms with E-state index < -0.39 is 0 Å². The minimum absolute atomic E-state index is 0.333. The molecule has 0 bridgehead atoms. The predicted octanol–water partition coefficient (Wildman–Crippen LogP) is 2.16. The number of quaternary nitrogens is 1. The first kappa shape index (κ1) is 16.3. The maximum atomic E-state index is 2.88. The van der Waals surface area contributed by atoms with Gasteiger partial charge in [0.05, 0.1) is 19.6 Å². The molecule has 4 heterocycles. The van der Waals surface area contributed by atoms with Gasteiger partial charge in [-0.15, -0.1) is 0 Å². The minimum Gasteiger partial charge on any atom is -0.305 e. The van der Waals surface area contributed by atoms with E-state index in [9.17, 15) is 0 Å². The maximum Gasteiger partial charge on any atom is 0.175 e. The first-order valence-corrected chi connectivity index (χ1v) is 9.72. The molecule has 0 saturated carbocycles. The second-order valence-corrected chi connectivity index (χ2v) is 10.3.